The standard InChI is InChI=1S/C21H34N4O3S/c1-4-22-20(25-11-12-29(27,28)21(2,3)16-25)23-13-19(26)15-24-10-9-17-7-5-6-8-18(17)14-24/h5-8,19,26H,4,9-16H2,1-3H3,(H,22,23). The summed E-state index contributed by atoms with van der Waals surface area (Å²) in [5.41, 5.74) is 2.73. The minimum Gasteiger partial charge on any atom is -0.390 e. The molecule has 8 heteroatoms. The van der Waals surface area contributed by atoms with Crippen molar-refractivity contribution in [3.05, 3.63) is 35.4 Å². The van der Waals surface area contributed by atoms with Crippen molar-refractivity contribution in [1.82, 2.24) is 15.1 Å². The molecule has 2 aliphatic rings. The molecule has 1 unspecified atom stereocenters. The average Bonchev–Trinajstić information content (AvgIpc) is 2.67. The van der Waals surface area contributed by atoms with Gasteiger partial charge in [0.2, 0.25) is 0 Å². The quantitative estimate of drug-likeness (QED) is 0.541. The number of hydrogen-bond donors (Lipinski definition) is 2. The van der Waals surface area contributed by atoms with Gasteiger partial charge >= 0.3 is 0 Å². The molecule has 3 rings (SSSR count). The lowest BCUT2D eigenvalue weighted by atomic mass is 10.00. The van der Waals surface area contributed by atoms with Gasteiger partial charge in [-0.3, -0.25) is 9.89 Å². The zero-order valence-electron chi connectivity index (χ0n) is 17.8. The number of β-amino-alcohol motifs (C(OH)–C–C–N with tert-alkyl or cyclic N) is 1. The van der Waals surface area contributed by atoms with E-state index in [0.29, 0.717) is 38.7 Å². The Bertz CT molecular complexity index is 838. The molecule has 29 heavy (non-hydrogen) atoms. The second-order valence-corrected chi connectivity index (χ2v) is 11.3. The largest absolute Gasteiger partial charge is 0.390 e. The van der Waals surface area contributed by atoms with Crippen molar-refractivity contribution in [2.75, 3.05) is 45.0 Å². The predicted octanol–water partition coefficient (Wildman–Crippen LogP) is 0.880. The van der Waals surface area contributed by atoms with Crippen LogP contribution >= 0.6 is 0 Å². The van der Waals surface area contributed by atoms with Crippen molar-refractivity contribution in [2.45, 2.75) is 44.6 Å². The molecule has 1 fully saturated rings. The average molecular weight is 423 g/mol. The van der Waals surface area contributed by atoms with Crippen LogP contribution in [0.5, 0.6) is 0 Å². The Kier molecular flexibility index (Phi) is 6.86. The van der Waals surface area contributed by atoms with Crippen molar-refractivity contribution in [2.24, 2.45) is 4.99 Å². The lowest BCUT2D eigenvalue weighted by Gasteiger charge is -2.39. The summed E-state index contributed by atoms with van der Waals surface area (Å²) < 4.78 is 23.7. The molecule has 1 aromatic rings. The van der Waals surface area contributed by atoms with Gasteiger partial charge in [-0.25, -0.2) is 8.42 Å². The first kappa shape index (κ1) is 22.1. The van der Waals surface area contributed by atoms with Gasteiger partial charge in [0.25, 0.3) is 0 Å². The Labute approximate surface area is 174 Å². The number of fused-ring (bicyclic) bond motifs is 1. The normalized spacial score (nSPS) is 22.8. The maximum atomic E-state index is 12.3. The molecular weight excluding hydrogens is 388 g/mol. The van der Waals surface area contributed by atoms with E-state index in [1.54, 1.807) is 13.8 Å². The Morgan fingerprint density at radius 3 is 2.69 bits per heavy atom. The highest BCUT2D eigenvalue weighted by Gasteiger charge is 2.41. The fraction of sp³-hybridized carbons (Fsp3) is 0.667. The summed E-state index contributed by atoms with van der Waals surface area (Å²) in [5, 5.41) is 13.8. The van der Waals surface area contributed by atoms with Crippen LogP contribution in [0.25, 0.3) is 0 Å². The number of guanidine groups is 1. The van der Waals surface area contributed by atoms with Gasteiger partial charge in [0.15, 0.2) is 15.8 Å². The molecule has 0 aliphatic carbocycles. The monoisotopic (exact) mass is 422 g/mol. The van der Waals surface area contributed by atoms with Crippen LogP contribution < -0.4 is 5.32 Å². The van der Waals surface area contributed by atoms with Crippen LogP contribution in [0.15, 0.2) is 29.3 Å². The molecular formula is C21H34N4O3S. The summed E-state index contributed by atoms with van der Waals surface area (Å²) in [4.78, 5) is 8.88. The Morgan fingerprint density at radius 2 is 2.00 bits per heavy atom. The van der Waals surface area contributed by atoms with E-state index in [0.717, 1.165) is 19.5 Å². The second kappa shape index (κ2) is 9.02. The highest BCUT2D eigenvalue weighted by atomic mass is 32.2. The molecule has 1 saturated heterocycles. The predicted molar refractivity (Wildman–Crippen MR) is 117 cm³/mol. The van der Waals surface area contributed by atoms with Crippen LogP contribution in [-0.2, 0) is 22.8 Å². The molecule has 1 atom stereocenters. The molecule has 2 N–H and O–H groups in total. The molecule has 0 aromatic heterocycles. The number of aliphatic hydroxyl groups is 1. The van der Waals surface area contributed by atoms with E-state index in [-0.39, 0.29) is 5.75 Å². The highest BCUT2D eigenvalue weighted by Crippen LogP contribution is 2.24. The Morgan fingerprint density at radius 1 is 1.28 bits per heavy atom. The lowest BCUT2D eigenvalue weighted by Crippen LogP contribution is -2.57. The Hall–Kier alpha value is -1.64. The first-order valence-electron chi connectivity index (χ1n) is 10.4. The zero-order valence-corrected chi connectivity index (χ0v) is 18.6. The summed E-state index contributed by atoms with van der Waals surface area (Å²) in [6.45, 7) is 9.72. The number of aliphatic hydroxyl groups excluding tert-OH is 1. The number of hydrogen-bond acceptors (Lipinski definition) is 5. The molecule has 0 bridgehead atoms. The Balaban J connectivity index is 1.59. The SMILES string of the molecule is CCNC(=NCC(O)CN1CCc2ccccc2C1)N1CCS(=O)(=O)C(C)(C)C1. The van der Waals surface area contributed by atoms with Gasteiger partial charge in [-0.05, 0) is 38.3 Å². The molecule has 0 amide bonds. The number of nitrogens with zero attached hydrogens (tertiary/aromatic N) is 3. The maximum Gasteiger partial charge on any atom is 0.194 e. The summed E-state index contributed by atoms with van der Waals surface area (Å²) in [5.74, 6) is 0.804. The number of aliphatic imine (C=N–C) groups is 1. The molecule has 0 spiro atoms. The van der Waals surface area contributed by atoms with Crippen LogP contribution in [-0.4, -0.2) is 85.2 Å². The third-order valence-corrected chi connectivity index (χ3v) is 8.34. The van der Waals surface area contributed by atoms with E-state index < -0.39 is 20.7 Å². The van der Waals surface area contributed by atoms with Gasteiger partial charge in [-0.2, -0.15) is 0 Å². The van der Waals surface area contributed by atoms with Crippen molar-refractivity contribution in [1.29, 1.82) is 0 Å². The van der Waals surface area contributed by atoms with Gasteiger partial charge in [-0.1, -0.05) is 24.3 Å². The number of nitrogens with one attached hydrogen (secondary N) is 1. The molecule has 162 valence electrons. The highest BCUT2D eigenvalue weighted by molar-refractivity contribution is 7.92. The van der Waals surface area contributed by atoms with E-state index in [9.17, 15) is 13.5 Å². The van der Waals surface area contributed by atoms with Gasteiger partial charge in [0.1, 0.15) is 0 Å². The molecule has 0 radical (unpaired) electrons. The fourth-order valence-electron chi connectivity index (χ4n) is 4.01. The summed E-state index contributed by atoms with van der Waals surface area (Å²) in [6.07, 6.45) is 0.446. The minimum atomic E-state index is -3.10. The molecule has 2 aliphatic heterocycles. The van der Waals surface area contributed by atoms with Gasteiger partial charge in [-0.15, -0.1) is 0 Å². The van der Waals surface area contributed by atoms with Crippen LogP contribution in [0.2, 0.25) is 0 Å². The van der Waals surface area contributed by atoms with Crippen molar-refractivity contribution in [3.8, 4) is 0 Å². The van der Waals surface area contributed by atoms with Crippen LogP contribution in [0.1, 0.15) is 31.9 Å². The summed E-state index contributed by atoms with van der Waals surface area (Å²) in [7, 11) is -3.10. The van der Waals surface area contributed by atoms with Crippen LogP contribution in [0.3, 0.4) is 0 Å². The minimum absolute atomic E-state index is 0.125. The fourth-order valence-corrected chi connectivity index (χ4v) is 5.37. The third kappa shape index (κ3) is 5.29. The maximum absolute atomic E-state index is 12.3. The number of rotatable bonds is 5. The molecule has 7 nitrogen and oxygen atoms in total. The van der Waals surface area contributed by atoms with Gasteiger partial charge in [0.05, 0.1) is 23.1 Å². The van der Waals surface area contributed by atoms with Crippen LogP contribution in [0, 0.1) is 0 Å². The lowest BCUT2D eigenvalue weighted by molar-refractivity contribution is 0.111. The van der Waals surface area contributed by atoms with Crippen molar-refractivity contribution in [3.63, 3.8) is 0 Å². The van der Waals surface area contributed by atoms with E-state index >= 15 is 0 Å². The molecule has 1 aromatic carbocycles. The molecule has 0 saturated carbocycles. The zero-order chi connectivity index (χ0) is 21.1. The van der Waals surface area contributed by atoms with E-state index in [1.807, 2.05) is 11.8 Å². The summed E-state index contributed by atoms with van der Waals surface area (Å²) in [6, 6.07) is 8.47. The third-order valence-electron chi connectivity index (χ3n) is 5.81. The molecule has 2 heterocycles. The van der Waals surface area contributed by atoms with Gasteiger partial charge in [0, 0.05) is 39.3 Å². The first-order valence-corrected chi connectivity index (χ1v) is 12.1. The van der Waals surface area contributed by atoms with E-state index in [4.69, 9.17) is 0 Å². The number of benzene rings is 1. The van der Waals surface area contributed by atoms with E-state index in [2.05, 4.69) is 39.5 Å². The smallest absolute Gasteiger partial charge is 0.194 e. The van der Waals surface area contributed by atoms with Crippen LogP contribution in [0.4, 0.5) is 0 Å². The van der Waals surface area contributed by atoms with Crippen molar-refractivity contribution >= 4 is 15.8 Å². The second-order valence-electron chi connectivity index (χ2n) is 8.60. The topological polar surface area (TPSA) is 85.2 Å². The van der Waals surface area contributed by atoms with Crippen molar-refractivity contribution < 1.29 is 13.5 Å². The van der Waals surface area contributed by atoms with E-state index in [1.165, 1.54) is 11.1 Å². The van der Waals surface area contributed by atoms with Gasteiger partial charge < -0.3 is 15.3 Å². The first-order chi connectivity index (χ1) is 13.7. The summed E-state index contributed by atoms with van der Waals surface area (Å²) >= 11 is 0. The number of sulfone groups is 1.